The van der Waals surface area contributed by atoms with Crippen molar-refractivity contribution in [1.29, 1.82) is 0 Å². The number of hydrogen-bond donors (Lipinski definition) is 1. The molecule has 0 aliphatic carbocycles. The lowest BCUT2D eigenvalue weighted by Crippen LogP contribution is -2.21. The minimum absolute atomic E-state index is 0.260. The fraction of sp³-hybridized carbons (Fsp3) is 0.133. The standard InChI is InChI=1S/C15H15NO2S/c1-12-9-10-19-14(12)7-8-15(17)16-18-11-13-5-3-2-4-6-13/h2-10H,11H2,1H3,(H,16,17)/b8-7+. The summed E-state index contributed by atoms with van der Waals surface area (Å²) in [4.78, 5) is 17.7. The van der Waals surface area contributed by atoms with Crippen LogP contribution in [-0.2, 0) is 16.2 Å². The predicted molar refractivity (Wildman–Crippen MR) is 77.5 cm³/mol. The average molecular weight is 273 g/mol. The fourth-order valence-electron chi connectivity index (χ4n) is 1.51. The molecular weight excluding hydrogens is 258 g/mol. The molecule has 0 aliphatic heterocycles. The Balaban J connectivity index is 1.76. The molecule has 98 valence electrons. The van der Waals surface area contributed by atoms with Crippen LogP contribution in [0.25, 0.3) is 6.08 Å². The number of aryl methyl sites for hydroxylation is 1. The number of hydroxylamine groups is 1. The highest BCUT2D eigenvalue weighted by atomic mass is 32.1. The van der Waals surface area contributed by atoms with Crippen molar-refractivity contribution in [2.45, 2.75) is 13.5 Å². The van der Waals surface area contributed by atoms with Crippen molar-refractivity contribution in [2.24, 2.45) is 0 Å². The minimum Gasteiger partial charge on any atom is -0.269 e. The Hall–Kier alpha value is -1.91. The van der Waals surface area contributed by atoms with Crippen molar-refractivity contribution in [3.05, 3.63) is 63.9 Å². The summed E-state index contributed by atoms with van der Waals surface area (Å²) in [6.07, 6.45) is 3.27. The van der Waals surface area contributed by atoms with E-state index in [-0.39, 0.29) is 5.91 Å². The van der Waals surface area contributed by atoms with Gasteiger partial charge >= 0.3 is 0 Å². The highest BCUT2D eigenvalue weighted by Crippen LogP contribution is 2.16. The molecule has 2 aromatic rings. The summed E-state index contributed by atoms with van der Waals surface area (Å²) in [5.41, 5.74) is 4.57. The van der Waals surface area contributed by atoms with Gasteiger partial charge in [-0.05, 0) is 35.6 Å². The number of amides is 1. The number of rotatable bonds is 5. The van der Waals surface area contributed by atoms with Crippen LogP contribution in [-0.4, -0.2) is 5.91 Å². The quantitative estimate of drug-likeness (QED) is 0.670. The number of nitrogens with one attached hydrogen (secondary N) is 1. The average Bonchev–Trinajstić information content (AvgIpc) is 2.83. The van der Waals surface area contributed by atoms with Gasteiger partial charge in [-0.15, -0.1) is 11.3 Å². The number of benzene rings is 1. The largest absolute Gasteiger partial charge is 0.269 e. The highest BCUT2D eigenvalue weighted by molar-refractivity contribution is 7.11. The molecular formula is C15H15NO2S. The lowest BCUT2D eigenvalue weighted by molar-refractivity contribution is -0.129. The van der Waals surface area contributed by atoms with Crippen molar-refractivity contribution in [2.75, 3.05) is 0 Å². The van der Waals surface area contributed by atoms with Crippen molar-refractivity contribution >= 4 is 23.3 Å². The molecule has 4 heteroatoms. The summed E-state index contributed by atoms with van der Waals surface area (Å²) >= 11 is 1.60. The normalized spacial score (nSPS) is 10.8. The molecule has 0 bridgehead atoms. The number of thiophene rings is 1. The maximum absolute atomic E-state index is 11.5. The van der Waals surface area contributed by atoms with Crippen molar-refractivity contribution in [3.63, 3.8) is 0 Å². The van der Waals surface area contributed by atoms with E-state index in [4.69, 9.17) is 4.84 Å². The van der Waals surface area contributed by atoms with Crippen LogP contribution in [0.5, 0.6) is 0 Å². The third-order valence-electron chi connectivity index (χ3n) is 2.54. The first-order chi connectivity index (χ1) is 9.25. The maximum atomic E-state index is 11.5. The summed E-state index contributed by atoms with van der Waals surface area (Å²) in [5.74, 6) is -0.260. The van der Waals surface area contributed by atoms with Crippen LogP contribution in [0.2, 0.25) is 0 Å². The molecule has 0 spiro atoms. The Morgan fingerprint density at radius 1 is 1.32 bits per heavy atom. The molecule has 0 fully saturated rings. The van der Waals surface area contributed by atoms with E-state index in [1.165, 1.54) is 11.6 Å². The molecule has 2 rings (SSSR count). The fourth-order valence-corrected chi connectivity index (χ4v) is 2.32. The van der Waals surface area contributed by atoms with Crippen LogP contribution in [0, 0.1) is 6.92 Å². The Morgan fingerprint density at radius 2 is 2.11 bits per heavy atom. The summed E-state index contributed by atoms with van der Waals surface area (Å²) in [7, 11) is 0. The van der Waals surface area contributed by atoms with Gasteiger partial charge in [0.1, 0.15) is 0 Å². The molecule has 0 saturated heterocycles. The molecule has 1 heterocycles. The SMILES string of the molecule is Cc1ccsc1/C=C/C(=O)NOCc1ccccc1. The second-order valence-corrected chi connectivity index (χ2v) is 4.99. The van der Waals surface area contributed by atoms with E-state index in [9.17, 15) is 4.79 Å². The molecule has 0 saturated carbocycles. The summed E-state index contributed by atoms with van der Waals surface area (Å²) in [6, 6.07) is 11.7. The van der Waals surface area contributed by atoms with Crippen LogP contribution >= 0.6 is 11.3 Å². The van der Waals surface area contributed by atoms with E-state index in [0.29, 0.717) is 6.61 Å². The zero-order valence-electron chi connectivity index (χ0n) is 10.6. The number of carbonyl (C=O) groups is 1. The summed E-state index contributed by atoms with van der Waals surface area (Å²) < 4.78 is 0. The van der Waals surface area contributed by atoms with Crippen LogP contribution in [0.3, 0.4) is 0 Å². The molecule has 1 aromatic carbocycles. The second kappa shape index (κ2) is 6.87. The third kappa shape index (κ3) is 4.35. The van der Waals surface area contributed by atoms with Gasteiger partial charge in [0.25, 0.3) is 5.91 Å². The van der Waals surface area contributed by atoms with Crippen LogP contribution in [0.1, 0.15) is 16.0 Å². The van der Waals surface area contributed by atoms with Gasteiger partial charge in [-0.2, -0.15) is 0 Å². The van der Waals surface area contributed by atoms with Crippen molar-refractivity contribution < 1.29 is 9.63 Å². The van der Waals surface area contributed by atoms with Gasteiger partial charge < -0.3 is 0 Å². The first-order valence-electron chi connectivity index (χ1n) is 5.93. The predicted octanol–water partition coefficient (Wildman–Crippen LogP) is 3.32. The zero-order valence-corrected chi connectivity index (χ0v) is 11.4. The van der Waals surface area contributed by atoms with E-state index >= 15 is 0 Å². The van der Waals surface area contributed by atoms with E-state index in [0.717, 1.165) is 10.4 Å². The zero-order chi connectivity index (χ0) is 13.5. The topological polar surface area (TPSA) is 38.3 Å². The number of hydrogen-bond acceptors (Lipinski definition) is 3. The Labute approximate surface area is 116 Å². The van der Waals surface area contributed by atoms with Gasteiger partial charge in [-0.25, -0.2) is 5.48 Å². The Bertz CT molecular complexity index is 561. The lowest BCUT2D eigenvalue weighted by atomic mass is 10.2. The van der Waals surface area contributed by atoms with Crippen LogP contribution in [0.4, 0.5) is 0 Å². The Kier molecular flexibility index (Phi) is 4.89. The van der Waals surface area contributed by atoms with Crippen molar-refractivity contribution in [1.82, 2.24) is 5.48 Å². The molecule has 0 radical (unpaired) electrons. The first kappa shape index (κ1) is 13.5. The maximum Gasteiger partial charge on any atom is 0.267 e. The second-order valence-electron chi connectivity index (χ2n) is 4.04. The van der Waals surface area contributed by atoms with E-state index in [1.807, 2.05) is 48.7 Å². The van der Waals surface area contributed by atoms with Gasteiger partial charge in [-0.1, -0.05) is 30.3 Å². The molecule has 1 aromatic heterocycles. The molecule has 0 atom stereocenters. The first-order valence-corrected chi connectivity index (χ1v) is 6.81. The highest BCUT2D eigenvalue weighted by Gasteiger charge is 1.98. The van der Waals surface area contributed by atoms with E-state index in [1.54, 1.807) is 17.4 Å². The van der Waals surface area contributed by atoms with Crippen molar-refractivity contribution in [3.8, 4) is 0 Å². The van der Waals surface area contributed by atoms with E-state index < -0.39 is 0 Å². The molecule has 3 nitrogen and oxygen atoms in total. The van der Waals surface area contributed by atoms with Gasteiger partial charge in [0.05, 0.1) is 6.61 Å². The van der Waals surface area contributed by atoms with E-state index in [2.05, 4.69) is 5.48 Å². The third-order valence-corrected chi connectivity index (χ3v) is 3.53. The molecule has 19 heavy (non-hydrogen) atoms. The van der Waals surface area contributed by atoms with Crippen LogP contribution < -0.4 is 5.48 Å². The Morgan fingerprint density at radius 3 is 2.79 bits per heavy atom. The molecule has 0 aliphatic rings. The van der Waals surface area contributed by atoms with Gasteiger partial charge in [0.15, 0.2) is 0 Å². The minimum atomic E-state index is -0.260. The molecule has 1 N–H and O–H groups in total. The summed E-state index contributed by atoms with van der Waals surface area (Å²) in [5, 5.41) is 2.00. The lowest BCUT2D eigenvalue weighted by Gasteiger charge is -2.03. The van der Waals surface area contributed by atoms with Crippen LogP contribution in [0.15, 0.2) is 47.9 Å². The smallest absolute Gasteiger partial charge is 0.267 e. The number of carbonyl (C=O) groups excluding carboxylic acids is 1. The van der Waals surface area contributed by atoms with Gasteiger partial charge in [0.2, 0.25) is 0 Å². The van der Waals surface area contributed by atoms with Gasteiger partial charge in [0, 0.05) is 11.0 Å². The monoisotopic (exact) mass is 273 g/mol. The van der Waals surface area contributed by atoms with Gasteiger partial charge in [-0.3, -0.25) is 9.63 Å². The molecule has 1 amide bonds. The summed E-state index contributed by atoms with van der Waals surface area (Å²) in [6.45, 7) is 2.37. The molecule has 0 unspecified atom stereocenters.